The molecule has 9 nitrogen and oxygen atoms in total. The largest absolute Gasteiger partial charge is 0.508 e. The predicted octanol–water partition coefficient (Wildman–Crippen LogP) is 2.11. The molecule has 0 aromatic heterocycles. The maximum absolute atomic E-state index is 12.5. The van der Waals surface area contributed by atoms with Gasteiger partial charge in [0.25, 0.3) is 0 Å². The Hall–Kier alpha value is -3.72. The van der Waals surface area contributed by atoms with E-state index in [1.165, 1.54) is 14.2 Å². The number of carbonyl (C=O) groups is 2. The minimum absolute atomic E-state index is 0.0169. The standard InChI is InChI=1S/C24H27N3O6/c1-31-23(29)21-15-33-16-27(22(21)24(30)32-2)19-5-3-17(4-6-19)25-11-13-26(14-12-25)18-7-9-20(28)10-8-18/h3-10,28H,11-16H2,1-2H3. The molecule has 0 amide bonds. The lowest BCUT2D eigenvalue weighted by atomic mass is 10.1. The van der Waals surface area contributed by atoms with E-state index in [1.807, 2.05) is 36.4 Å². The van der Waals surface area contributed by atoms with E-state index in [0.717, 1.165) is 37.6 Å². The molecule has 0 bridgehead atoms. The monoisotopic (exact) mass is 453 g/mol. The Morgan fingerprint density at radius 1 is 0.788 bits per heavy atom. The Kier molecular flexibility index (Phi) is 6.69. The van der Waals surface area contributed by atoms with Gasteiger partial charge in [0.15, 0.2) is 0 Å². The van der Waals surface area contributed by atoms with Crippen molar-refractivity contribution >= 4 is 29.0 Å². The molecule has 2 aliphatic heterocycles. The van der Waals surface area contributed by atoms with Gasteiger partial charge in [0.05, 0.1) is 26.4 Å². The van der Waals surface area contributed by atoms with Crippen LogP contribution in [0.4, 0.5) is 17.1 Å². The number of esters is 2. The molecule has 0 radical (unpaired) electrons. The highest BCUT2D eigenvalue weighted by atomic mass is 16.5. The average Bonchev–Trinajstić information content (AvgIpc) is 2.88. The van der Waals surface area contributed by atoms with Gasteiger partial charge >= 0.3 is 11.9 Å². The number of rotatable bonds is 5. The zero-order valence-electron chi connectivity index (χ0n) is 18.7. The van der Waals surface area contributed by atoms with E-state index in [-0.39, 0.29) is 30.4 Å². The maximum atomic E-state index is 12.5. The van der Waals surface area contributed by atoms with Gasteiger partial charge in [-0.1, -0.05) is 0 Å². The van der Waals surface area contributed by atoms with E-state index in [9.17, 15) is 14.7 Å². The molecule has 1 saturated heterocycles. The quantitative estimate of drug-likeness (QED) is 0.684. The summed E-state index contributed by atoms with van der Waals surface area (Å²) < 4.78 is 15.3. The first-order valence-electron chi connectivity index (χ1n) is 10.7. The molecule has 33 heavy (non-hydrogen) atoms. The summed E-state index contributed by atoms with van der Waals surface area (Å²) in [6, 6.07) is 15.0. The van der Waals surface area contributed by atoms with Crippen LogP contribution in [0.3, 0.4) is 0 Å². The number of benzene rings is 2. The van der Waals surface area contributed by atoms with Crippen molar-refractivity contribution in [3.05, 3.63) is 59.8 Å². The molecule has 0 unspecified atom stereocenters. The number of piperazine rings is 1. The van der Waals surface area contributed by atoms with Crippen molar-refractivity contribution in [3.8, 4) is 5.75 Å². The molecule has 1 N–H and O–H groups in total. The molecule has 174 valence electrons. The summed E-state index contributed by atoms with van der Waals surface area (Å²) in [5.41, 5.74) is 3.13. The Morgan fingerprint density at radius 3 is 1.79 bits per heavy atom. The van der Waals surface area contributed by atoms with Crippen LogP contribution in [0.5, 0.6) is 5.75 Å². The smallest absolute Gasteiger partial charge is 0.355 e. The highest BCUT2D eigenvalue weighted by molar-refractivity contribution is 6.03. The van der Waals surface area contributed by atoms with Gasteiger partial charge in [0, 0.05) is 43.2 Å². The summed E-state index contributed by atoms with van der Waals surface area (Å²) in [4.78, 5) is 30.8. The molecule has 2 aliphatic rings. The Bertz CT molecular complexity index is 1030. The molecular formula is C24H27N3O6. The molecule has 4 rings (SSSR count). The highest BCUT2D eigenvalue weighted by Gasteiger charge is 2.32. The van der Waals surface area contributed by atoms with Crippen molar-refractivity contribution in [3.63, 3.8) is 0 Å². The second-order valence-corrected chi connectivity index (χ2v) is 7.72. The fourth-order valence-electron chi connectivity index (χ4n) is 4.08. The maximum Gasteiger partial charge on any atom is 0.355 e. The van der Waals surface area contributed by atoms with E-state index in [2.05, 4.69) is 9.80 Å². The number of phenolic OH excluding ortho intramolecular Hbond substituents is 1. The van der Waals surface area contributed by atoms with E-state index >= 15 is 0 Å². The van der Waals surface area contributed by atoms with Crippen LogP contribution in [-0.2, 0) is 23.8 Å². The lowest BCUT2D eigenvalue weighted by molar-refractivity contribution is -0.140. The van der Waals surface area contributed by atoms with Crippen LogP contribution >= 0.6 is 0 Å². The highest BCUT2D eigenvalue weighted by Crippen LogP contribution is 2.29. The number of carbonyl (C=O) groups excluding carboxylic acids is 2. The lowest BCUT2D eigenvalue weighted by Crippen LogP contribution is -2.46. The van der Waals surface area contributed by atoms with Crippen LogP contribution in [0.15, 0.2) is 59.8 Å². The summed E-state index contributed by atoms with van der Waals surface area (Å²) >= 11 is 0. The van der Waals surface area contributed by atoms with Gasteiger partial charge in [-0.2, -0.15) is 0 Å². The molecule has 2 heterocycles. The number of phenols is 1. The van der Waals surface area contributed by atoms with Crippen LogP contribution in [0.2, 0.25) is 0 Å². The van der Waals surface area contributed by atoms with Gasteiger partial charge in [0.1, 0.15) is 18.2 Å². The Labute approximate surface area is 192 Å². The second kappa shape index (κ2) is 9.83. The zero-order valence-corrected chi connectivity index (χ0v) is 18.7. The van der Waals surface area contributed by atoms with E-state index in [1.54, 1.807) is 17.0 Å². The van der Waals surface area contributed by atoms with Gasteiger partial charge in [-0.25, -0.2) is 9.59 Å². The lowest BCUT2D eigenvalue weighted by Gasteiger charge is -2.37. The van der Waals surface area contributed by atoms with Crippen molar-refractivity contribution in [2.75, 3.05) is 68.4 Å². The average molecular weight is 453 g/mol. The Morgan fingerprint density at radius 2 is 1.27 bits per heavy atom. The summed E-state index contributed by atoms with van der Waals surface area (Å²) in [5.74, 6) is -0.975. The normalized spacial score (nSPS) is 16.6. The second-order valence-electron chi connectivity index (χ2n) is 7.72. The van der Waals surface area contributed by atoms with Gasteiger partial charge in [-0.3, -0.25) is 0 Å². The number of anilines is 3. The molecule has 2 aromatic carbocycles. The van der Waals surface area contributed by atoms with E-state index in [0.29, 0.717) is 5.69 Å². The summed E-state index contributed by atoms with van der Waals surface area (Å²) in [7, 11) is 2.54. The fourth-order valence-corrected chi connectivity index (χ4v) is 4.08. The number of hydrogen-bond acceptors (Lipinski definition) is 9. The fraction of sp³-hybridized carbons (Fsp3) is 0.333. The van der Waals surface area contributed by atoms with E-state index in [4.69, 9.17) is 14.2 Å². The minimum atomic E-state index is -0.622. The third-order valence-electron chi connectivity index (χ3n) is 5.85. The van der Waals surface area contributed by atoms with Gasteiger partial charge in [-0.15, -0.1) is 0 Å². The molecule has 2 aromatic rings. The molecule has 0 aliphatic carbocycles. The molecule has 1 fully saturated rings. The van der Waals surface area contributed by atoms with Gasteiger partial charge < -0.3 is 34.0 Å². The molecular weight excluding hydrogens is 426 g/mol. The third-order valence-corrected chi connectivity index (χ3v) is 5.85. The summed E-state index contributed by atoms with van der Waals surface area (Å²) in [5, 5.41) is 9.49. The van der Waals surface area contributed by atoms with Crippen LogP contribution in [-0.4, -0.2) is 70.8 Å². The predicted molar refractivity (Wildman–Crippen MR) is 123 cm³/mol. The van der Waals surface area contributed by atoms with Crippen LogP contribution in [0.25, 0.3) is 0 Å². The molecule has 0 atom stereocenters. The first-order valence-corrected chi connectivity index (χ1v) is 10.7. The van der Waals surface area contributed by atoms with E-state index < -0.39 is 11.9 Å². The van der Waals surface area contributed by atoms with Crippen molar-refractivity contribution in [1.82, 2.24) is 0 Å². The first-order chi connectivity index (χ1) is 16.0. The topological polar surface area (TPSA) is 91.8 Å². The molecule has 9 heteroatoms. The number of nitrogens with zero attached hydrogens (tertiary/aromatic N) is 3. The number of aromatic hydroxyl groups is 1. The van der Waals surface area contributed by atoms with Gasteiger partial charge in [-0.05, 0) is 48.5 Å². The zero-order chi connectivity index (χ0) is 23.4. The van der Waals surface area contributed by atoms with Gasteiger partial charge in [0.2, 0.25) is 0 Å². The molecule has 0 spiro atoms. The van der Waals surface area contributed by atoms with Crippen LogP contribution in [0.1, 0.15) is 0 Å². The number of methoxy groups -OCH3 is 2. The Balaban J connectivity index is 1.48. The number of hydrogen-bond donors (Lipinski definition) is 1. The summed E-state index contributed by atoms with van der Waals surface area (Å²) in [6.45, 7) is 3.54. The minimum Gasteiger partial charge on any atom is -0.508 e. The third kappa shape index (κ3) is 4.73. The van der Waals surface area contributed by atoms with Crippen molar-refractivity contribution in [2.45, 2.75) is 0 Å². The molecule has 0 saturated carbocycles. The van der Waals surface area contributed by atoms with Crippen LogP contribution in [0, 0.1) is 0 Å². The van der Waals surface area contributed by atoms with Crippen LogP contribution < -0.4 is 14.7 Å². The number of ether oxygens (including phenoxy) is 3. The summed E-state index contributed by atoms with van der Waals surface area (Å²) in [6.07, 6.45) is 0. The SMILES string of the molecule is COC(=O)C1=C(C(=O)OC)N(c2ccc(N3CCN(c4ccc(O)cc4)CC3)cc2)COC1. The van der Waals surface area contributed by atoms with Crippen molar-refractivity contribution in [2.24, 2.45) is 0 Å². The van der Waals surface area contributed by atoms with Crippen molar-refractivity contribution in [1.29, 1.82) is 0 Å². The van der Waals surface area contributed by atoms with Crippen molar-refractivity contribution < 1.29 is 28.9 Å². The first kappa shape index (κ1) is 22.5.